The number of hydrogen-bond acceptors (Lipinski definition) is 4. The maximum atomic E-state index is 12.7. The number of nitrogens with zero attached hydrogens (tertiary/aromatic N) is 3. The number of alkyl halides is 3. The van der Waals surface area contributed by atoms with Gasteiger partial charge in [0.2, 0.25) is 0 Å². The smallest absolute Gasteiger partial charge is 0.416 e. The van der Waals surface area contributed by atoms with E-state index in [-0.39, 0.29) is 12.4 Å². The van der Waals surface area contributed by atoms with Crippen molar-refractivity contribution in [1.29, 1.82) is 0 Å². The normalized spacial score (nSPS) is 11.6. The number of carboxylic acid groups (broad SMARTS) is 1. The van der Waals surface area contributed by atoms with Gasteiger partial charge < -0.3 is 14.8 Å². The number of carbonyl (C=O) groups is 1. The highest BCUT2D eigenvalue weighted by Crippen LogP contribution is 2.31. The van der Waals surface area contributed by atoms with Crippen LogP contribution in [0.25, 0.3) is 16.9 Å². The van der Waals surface area contributed by atoms with Gasteiger partial charge in [-0.2, -0.15) is 13.2 Å². The van der Waals surface area contributed by atoms with E-state index in [0.29, 0.717) is 16.9 Å². The molecule has 0 aliphatic carbocycles. The zero-order valence-electron chi connectivity index (χ0n) is 12.1. The second kappa shape index (κ2) is 5.84. The fraction of sp³-hybridized carbons (Fsp3) is 0.133. The molecule has 24 heavy (non-hydrogen) atoms. The second-order valence-electron chi connectivity index (χ2n) is 4.96. The van der Waals surface area contributed by atoms with Crippen molar-refractivity contribution in [3.63, 3.8) is 0 Å². The Morgan fingerprint density at radius 1 is 1.25 bits per heavy atom. The second-order valence-corrected chi connectivity index (χ2v) is 4.96. The highest BCUT2D eigenvalue weighted by molar-refractivity contribution is 5.76. The maximum Gasteiger partial charge on any atom is 0.416 e. The topological polar surface area (TPSA) is 79.5 Å². The predicted molar refractivity (Wildman–Crippen MR) is 79.6 cm³/mol. The van der Waals surface area contributed by atoms with Crippen LogP contribution in [0, 0.1) is 0 Å². The molecule has 0 amide bonds. The first-order valence-corrected chi connectivity index (χ1v) is 6.81. The number of anilines is 1. The number of aromatic nitrogens is 3. The Kier molecular flexibility index (Phi) is 3.84. The Labute approximate surface area is 133 Å². The summed E-state index contributed by atoms with van der Waals surface area (Å²) in [5.74, 6) is -0.781. The molecule has 3 aromatic rings. The summed E-state index contributed by atoms with van der Waals surface area (Å²) in [5, 5.41) is 11.4. The Hall–Kier alpha value is -3.10. The number of nitrogens with one attached hydrogen (secondary N) is 1. The summed E-state index contributed by atoms with van der Waals surface area (Å²) >= 11 is 0. The van der Waals surface area contributed by atoms with E-state index >= 15 is 0 Å². The molecule has 2 aromatic heterocycles. The van der Waals surface area contributed by atoms with Crippen LogP contribution >= 0.6 is 0 Å². The van der Waals surface area contributed by atoms with Crippen molar-refractivity contribution in [3.05, 3.63) is 48.4 Å². The van der Waals surface area contributed by atoms with Gasteiger partial charge in [0.1, 0.15) is 18.1 Å². The number of rotatable bonds is 4. The van der Waals surface area contributed by atoms with E-state index in [1.165, 1.54) is 18.3 Å². The zero-order valence-corrected chi connectivity index (χ0v) is 12.1. The fourth-order valence-corrected chi connectivity index (χ4v) is 2.19. The largest absolute Gasteiger partial charge is 0.480 e. The van der Waals surface area contributed by atoms with Crippen LogP contribution in [-0.4, -0.2) is 32.0 Å². The molecular weight excluding hydrogens is 325 g/mol. The average Bonchev–Trinajstić information content (AvgIpc) is 3.00. The molecule has 0 unspecified atom stereocenters. The quantitative estimate of drug-likeness (QED) is 0.766. The number of carboxylic acids is 1. The molecule has 124 valence electrons. The Morgan fingerprint density at radius 2 is 1.96 bits per heavy atom. The van der Waals surface area contributed by atoms with Crippen molar-refractivity contribution in [2.24, 2.45) is 0 Å². The maximum absolute atomic E-state index is 12.7. The molecule has 0 radical (unpaired) electrons. The molecule has 6 nitrogen and oxygen atoms in total. The van der Waals surface area contributed by atoms with Gasteiger partial charge in [0, 0.05) is 18.0 Å². The molecule has 0 aliphatic heterocycles. The SMILES string of the molecule is O=C(O)CNc1cn2ccnc2c(-c2ccc(C(F)(F)F)cc2)n1. The first-order valence-electron chi connectivity index (χ1n) is 6.81. The van der Waals surface area contributed by atoms with Gasteiger partial charge in [-0.25, -0.2) is 9.97 Å². The molecule has 0 aliphatic rings. The third kappa shape index (κ3) is 3.14. The molecule has 2 N–H and O–H groups in total. The summed E-state index contributed by atoms with van der Waals surface area (Å²) in [6, 6.07) is 4.54. The van der Waals surface area contributed by atoms with Crippen LogP contribution in [-0.2, 0) is 11.0 Å². The van der Waals surface area contributed by atoms with E-state index in [2.05, 4.69) is 15.3 Å². The van der Waals surface area contributed by atoms with Gasteiger partial charge in [-0.1, -0.05) is 12.1 Å². The van der Waals surface area contributed by atoms with E-state index in [1.54, 1.807) is 16.8 Å². The highest BCUT2D eigenvalue weighted by Gasteiger charge is 2.30. The number of halogens is 3. The zero-order chi connectivity index (χ0) is 17.3. The fourth-order valence-electron chi connectivity index (χ4n) is 2.19. The molecule has 0 fully saturated rings. The van der Waals surface area contributed by atoms with Gasteiger partial charge in [0.15, 0.2) is 5.65 Å². The predicted octanol–water partition coefficient (Wildman–Crippen LogP) is 2.91. The van der Waals surface area contributed by atoms with E-state index in [4.69, 9.17) is 5.11 Å². The van der Waals surface area contributed by atoms with Crippen LogP contribution < -0.4 is 5.32 Å². The first kappa shape index (κ1) is 15.8. The number of imidazole rings is 1. The lowest BCUT2D eigenvalue weighted by Gasteiger charge is -2.10. The Bertz CT molecular complexity index is 888. The number of aliphatic carboxylic acids is 1. The van der Waals surface area contributed by atoms with Crippen LogP contribution in [0.3, 0.4) is 0 Å². The van der Waals surface area contributed by atoms with Gasteiger partial charge in [0.05, 0.1) is 11.8 Å². The molecule has 1 aromatic carbocycles. The summed E-state index contributed by atoms with van der Waals surface area (Å²) in [5.41, 5.74) is 0.490. The molecule has 3 rings (SSSR count). The van der Waals surface area contributed by atoms with E-state index in [0.717, 1.165) is 12.1 Å². The highest BCUT2D eigenvalue weighted by atomic mass is 19.4. The summed E-state index contributed by atoms with van der Waals surface area (Å²) in [7, 11) is 0. The lowest BCUT2D eigenvalue weighted by molar-refractivity contribution is -0.137. The van der Waals surface area contributed by atoms with E-state index in [9.17, 15) is 18.0 Å². The molecule has 0 atom stereocenters. The van der Waals surface area contributed by atoms with Crippen LogP contribution in [0.1, 0.15) is 5.56 Å². The van der Waals surface area contributed by atoms with Crippen molar-refractivity contribution in [2.75, 3.05) is 11.9 Å². The average molecular weight is 336 g/mol. The monoisotopic (exact) mass is 336 g/mol. The summed E-state index contributed by atoms with van der Waals surface area (Å²) < 4.78 is 39.6. The van der Waals surface area contributed by atoms with Gasteiger partial charge in [-0.3, -0.25) is 4.79 Å². The van der Waals surface area contributed by atoms with Crippen molar-refractivity contribution in [1.82, 2.24) is 14.4 Å². The van der Waals surface area contributed by atoms with Gasteiger partial charge in [0.25, 0.3) is 0 Å². The van der Waals surface area contributed by atoms with E-state index in [1.807, 2.05) is 0 Å². The van der Waals surface area contributed by atoms with Crippen LogP contribution in [0.2, 0.25) is 0 Å². The summed E-state index contributed by atoms with van der Waals surface area (Å²) in [4.78, 5) is 19.1. The van der Waals surface area contributed by atoms with E-state index < -0.39 is 17.7 Å². The van der Waals surface area contributed by atoms with Crippen molar-refractivity contribution < 1.29 is 23.1 Å². The first-order chi connectivity index (χ1) is 11.3. The van der Waals surface area contributed by atoms with Gasteiger partial charge >= 0.3 is 12.1 Å². The molecule has 9 heteroatoms. The van der Waals surface area contributed by atoms with Gasteiger partial charge in [-0.15, -0.1) is 0 Å². The molecule has 2 heterocycles. The third-order valence-corrected chi connectivity index (χ3v) is 3.28. The minimum absolute atomic E-state index is 0.276. The van der Waals surface area contributed by atoms with Gasteiger partial charge in [-0.05, 0) is 12.1 Å². The number of fused-ring (bicyclic) bond motifs is 1. The minimum Gasteiger partial charge on any atom is -0.480 e. The Morgan fingerprint density at radius 3 is 2.58 bits per heavy atom. The minimum atomic E-state index is -4.42. The number of hydrogen-bond donors (Lipinski definition) is 2. The van der Waals surface area contributed by atoms with Crippen molar-refractivity contribution >= 4 is 17.4 Å². The van der Waals surface area contributed by atoms with Crippen molar-refractivity contribution in [2.45, 2.75) is 6.18 Å². The van der Waals surface area contributed by atoms with Crippen LogP contribution in [0.15, 0.2) is 42.9 Å². The summed E-state index contributed by atoms with van der Waals surface area (Å²) in [6.07, 6.45) is 0.292. The third-order valence-electron chi connectivity index (χ3n) is 3.28. The standard InChI is InChI=1S/C15H11F3N4O2/c16-15(17,18)10-3-1-9(2-4-10)13-14-19-5-6-22(14)8-11(21-13)20-7-12(23)24/h1-6,8,20H,7H2,(H,23,24). The van der Waals surface area contributed by atoms with Crippen LogP contribution in [0.5, 0.6) is 0 Å². The molecule has 0 saturated carbocycles. The lowest BCUT2D eigenvalue weighted by atomic mass is 10.1. The summed E-state index contributed by atoms with van der Waals surface area (Å²) in [6.45, 7) is -0.334. The molecule has 0 spiro atoms. The lowest BCUT2D eigenvalue weighted by Crippen LogP contribution is -2.14. The number of benzene rings is 1. The van der Waals surface area contributed by atoms with Crippen molar-refractivity contribution in [3.8, 4) is 11.3 Å². The molecule has 0 bridgehead atoms. The molecule has 0 saturated heterocycles. The Balaban J connectivity index is 2.04. The molecular formula is C15H11F3N4O2. The van der Waals surface area contributed by atoms with Crippen LogP contribution in [0.4, 0.5) is 19.0 Å².